The van der Waals surface area contributed by atoms with Crippen LogP contribution >= 0.6 is 0 Å². The normalized spacial score (nSPS) is 15.0. The summed E-state index contributed by atoms with van der Waals surface area (Å²) in [6.07, 6.45) is 4.45. The van der Waals surface area contributed by atoms with Gasteiger partial charge < -0.3 is 19.1 Å². The number of carbonyl (C=O) groups excluding carboxylic acids is 1. The molecule has 1 saturated heterocycles. The summed E-state index contributed by atoms with van der Waals surface area (Å²) in [4.78, 5) is 17.1. The first kappa shape index (κ1) is 22.7. The first-order valence-electron chi connectivity index (χ1n) is 10.8. The molecule has 1 aliphatic rings. The summed E-state index contributed by atoms with van der Waals surface area (Å²) in [6.45, 7) is 6.72. The first-order valence-corrected chi connectivity index (χ1v) is 10.8. The van der Waals surface area contributed by atoms with Crippen LogP contribution in [0.3, 0.4) is 0 Å². The van der Waals surface area contributed by atoms with Gasteiger partial charge in [-0.1, -0.05) is 18.2 Å². The van der Waals surface area contributed by atoms with Gasteiger partial charge in [-0.3, -0.25) is 9.69 Å². The summed E-state index contributed by atoms with van der Waals surface area (Å²) < 4.78 is 16.2. The highest BCUT2D eigenvalue weighted by Gasteiger charge is 2.17. The van der Waals surface area contributed by atoms with Gasteiger partial charge in [0.1, 0.15) is 5.75 Å². The molecular weight excluding hydrogens is 392 g/mol. The number of hydrogen-bond donors (Lipinski definition) is 0. The lowest BCUT2D eigenvalue weighted by atomic mass is 10.2. The van der Waals surface area contributed by atoms with Crippen LogP contribution in [-0.4, -0.2) is 62.7 Å². The molecule has 0 radical (unpaired) electrons. The Bertz CT molecular complexity index is 880. The van der Waals surface area contributed by atoms with Crippen molar-refractivity contribution in [3.05, 3.63) is 59.7 Å². The van der Waals surface area contributed by atoms with Gasteiger partial charge in [-0.25, -0.2) is 0 Å². The van der Waals surface area contributed by atoms with E-state index in [0.29, 0.717) is 18.1 Å². The average molecular weight is 425 g/mol. The molecule has 6 nitrogen and oxygen atoms in total. The molecule has 1 amide bonds. The van der Waals surface area contributed by atoms with Crippen LogP contribution in [0.15, 0.2) is 48.5 Å². The number of hydrogen-bond acceptors (Lipinski definition) is 5. The zero-order valence-electron chi connectivity index (χ0n) is 18.7. The Morgan fingerprint density at radius 2 is 1.77 bits per heavy atom. The number of methoxy groups -OCH3 is 2. The van der Waals surface area contributed by atoms with E-state index in [0.717, 1.165) is 50.5 Å². The van der Waals surface area contributed by atoms with E-state index in [4.69, 9.17) is 14.2 Å². The number of carbonyl (C=O) groups is 1. The van der Waals surface area contributed by atoms with Gasteiger partial charge in [0.05, 0.1) is 20.8 Å². The molecule has 0 bridgehead atoms. The molecule has 2 aromatic carbocycles. The van der Waals surface area contributed by atoms with Crippen molar-refractivity contribution in [2.75, 3.05) is 47.0 Å². The summed E-state index contributed by atoms with van der Waals surface area (Å²) in [5.74, 6) is 2.28. The van der Waals surface area contributed by atoms with E-state index in [9.17, 15) is 4.79 Å². The number of amides is 1. The van der Waals surface area contributed by atoms with Crippen LogP contribution in [0.1, 0.15) is 24.5 Å². The molecule has 0 aliphatic carbocycles. The molecule has 0 N–H and O–H groups in total. The number of rotatable bonds is 8. The second kappa shape index (κ2) is 11.4. The van der Waals surface area contributed by atoms with E-state index in [1.54, 1.807) is 20.3 Å². The molecule has 0 aromatic heterocycles. The highest BCUT2D eigenvalue weighted by atomic mass is 16.5. The van der Waals surface area contributed by atoms with Crippen molar-refractivity contribution < 1.29 is 19.0 Å². The van der Waals surface area contributed by atoms with Crippen LogP contribution in [0.5, 0.6) is 17.2 Å². The topological polar surface area (TPSA) is 51.2 Å². The van der Waals surface area contributed by atoms with Gasteiger partial charge >= 0.3 is 0 Å². The molecule has 6 heteroatoms. The number of benzene rings is 2. The molecule has 1 heterocycles. The third kappa shape index (κ3) is 6.49. The van der Waals surface area contributed by atoms with Gasteiger partial charge in [-0.15, -0.1) is 0 Å². The van der Waals surface area contributed by atoms with E-state index in [1.165, 1.54) is 5.56 Å². The largest absolute Gasteiger partial charge is 0.497 e. The van der Waals surface area contributed by atoms with E-state index in [1.807, 2.05) is 48.2 Å². The summed E-state index contributed by atoms with van der Waals surface area (Å²) in [5, 5.41) is 0. The highest BCUT2D eigenvalue weighted by Crippen LogP contribution is 2.28. The minimum Gasteiger partial charge on any atom is -0.497 e. The van der Waals surface area contributed by atoms with Crippen molar-refractivity contribution in [2.45, 2.75) is 19.9 Å². The van der Waals surface area contributed by atoms with Crippen LogP contribution in [0.2, 0.25) is 0 Å². The Hall–Kier alpha value is -2.99. The van der Waals surface area contributed by atoms with Crippen molar-refractivity contribution in [2.24, 2.45) is 0 Å². The van der Waals surface area contributed by atoms with Gasteiger partial charge in [-0.05, 0) is 54.8 Å². The van der Waals surface area contributed by atoms with Gasteiger partial charge in [-0.2, -0.15) is 0 Å². The van der Waals surface area contributed by atoms with Crippen molar-refractivity contribution in [1.82, 2.24) is 9.80 Å². The van der Waals surface area contributed by atoms with E-state index in [2.05, 4.69) is 17.0 Å². The van der Waals surface area contributed by atoms with Gasteiger partial charge in [0.15, 0.2) is 11.5 Å². The van der Waals surface area contributed by atoms with Crippen molar-refractivity contribution >= 4 is 12.0 Å². The Labute approximate surface area is 185 Å². The SMILES string of the molecule is CCOc1cc(/C=C/C(=O)N2CCCN(Cc3ccc(OC)cc3)CC2)ccc1OC. The van der Waals surface area contributed by atoms with Gasteiger partial charge in [0, 0.05) is 38.8 Å². The van der Waals surface area contributed by atoms with Crippen LogP contribution < -0.4 is 14.2 Å². The summed E-state index contributed by atoms with van der Waals surface area (Å²) in [7, 11) is 3.30. The Kier molecular flexibility index (Phi) is 8.35. The monoisotopic (exact) mass is 424 g/mol. The molecule has 31 heavy (non-hydrogen) atoms. The molecule has 1 aliphatic heterocycles. The lowest BCUT2D eigenvalue weighted by Crippen LogP contribution is -2.34. The lowest BCUT2D eigenvalue weighted by Gasteiger charge is -2.21. The van der Waals surface area contributed by atoms with Gasteiger partial charge in [0.25, 0.3) is 0 Å². The van der Waals surface area contributed by atoms with E-state index in [-0.39, 0.29) is 5.91 Å². The van der Waals surface area contributed by atoms with Crippen LogP contribution in [0.25, 0.3) is 6.08 Å². The predicted molar refractivity (Wildman–Crippen MR) is 123 cm³/mol. The summed E-state index contributed by atoms with van der Waals surface area (Å²) in [5.41, 5.74) is 2.17. The maximum atomic E-state index is 12.7. The van der Waals surface area contributed by atoms with Crippen molar-refractivity contribution in [3.63, 3.8) is 0 Å². The maximum Gasteiger partial charge on any atom is 0.246 e. The first-order chi connectivity index (χ1) is 15.1. The standard InChI is InChI=1S/C25H32N2O4/c1-4-31-24-18-20(8-12-23(24)30-3)9-13-25(28)27-15-5-14-26(16-17-27)19-21-6-10-22(29-2)11-7-21/h6-13,18H,4-5,14-17,19H2,1-3H3/b13-9+. The zero-order chi connectivity index (χ0) is 22.1. The Morgan fingerprint density at radius 3 is 2.48 bits per heavy atom. The van der Waals surface area contributed by atoms with Crippen LogP contribution in [0.4, 0.5) is 0 Å². The van der Waals surface area contributed by atoms with E-state index >= 15 is 0 Å². The minimum atomic E-state index is 0.0417. The van der Waals surface area contributed by atoms with Crippen molar-refractivity contribution in [3.8, 4) is 17.2 Å². The average Bonchev–Trinajstić information content (AvgIpc) is 3.04. The van der Waals surface area contributed by atoms with E-state index < -0.39 is 0 Å². The van der Waals surface area contributed by atoms with Crippen molar-refractivity contribution in [1.29, 1.82) is 0 Å². The molecule has 1 fully saturated rings. The third-order valence-corrected chi connectivity index (χ3v) is 5.37. The number of nitrogens with zero attached hydrogens (tertiary/aromatic N) is 2. The zero-order valence-corrected chi connectivity index (χ0v) is 18.7. The molecule has 0 spiro atoms. The Morgan fingerprint density at radius 1 is 0.968 bits per heavy atom. The fourth-order valence-corrected chi connectivity index (χ4v) is 3.68. The van der Waals surface area contributed by atoms with Gasteiger partial charge in [0.2, 0.25) is 5.91 Å². The molecule has 3 rings (SSSR count). The second-order valence-corrected chi connectivity index (χ2v) is 7.48. The smallest absolute Gasteiger partial charge is 0.246 e. The second-order valence-electron chi connectivity index (χ2n) is 7.48. The molecule has 0 unspecified atom stereocenters. The lowest BCUT2D eigenvalue weighted by molar-refractivity contribution is -0.125. The minimum absolute atomic E-state index is 0.0417. The fourth-order valence-electron chi connectivity index (χ4n) is 3.68. The predicted octanol–water partition coefficient (Wildman–Crippen LogP) is 3.85. The number of ether oxygens (including phenoxy) is 3. The molecule has 166 valence electrons. The van der Waals surface area contributed by atoms with Crippen LogP contribution in [0, 0.1) is 0 Å². The maximum absolute atomic E-state index is 12.7. The molecule has 0 saturated carbocycles. The van der Waals surface area contributed by atoms with Crippen LogP contribution in [-0.2, 0) is 11.3 Å². The molecule has 2 aromatic rings. The third-order valence-electron chi connectivity index (χ3n) is 5.37. The molecular formula is C25H32N2O4. The fraction of sp³-hybridized carbons (Fsp3) is 0.400. The summed E-state index contributed by atoms with van der Waals surface area (Å²) in [6, 6.07) is 13.8. The highest BCUT2D eigenvalue weighted by molar-refractivity contribution is 5.91. The Balaban J connectivity index is 1.55. The summed E-state index contributed by atoms with van der Waals surface area (Å²) >= 11 is 0. The quantitative estimate of drug-likeness (QED) is 0.603. The molecule has 0 atom stereocenters.